The number of carbonyl (C=O) groups is 1. The summed E-state index contributed by atoms with van der Waals surface area (Å²) in [4.78, 5) is 18.1. The van der Waals surface area contributed by atoms with E-state index in [1.54, 1.807) is 23.2 Å². The van der Waals surface area contributed by atoms with Crippen LogP contribution >= 0.6 is 15.9 Å². The zero-order valence-electron chi connectivity index (χ0n) is 11.8. The van der Waals surface area contributed by atoms with E-state index >= 15 is 0 Å². The van der Waals surface area contributed by atoms with Crippen LogP contribution < -0.4 is 0 Å². The topological polar surface area (TPSA) is 70.6 Å². The highest BCUT2D eigenvalue weighted by Gasteiger charge is 2.29. The monoisotopic (exact) mass is 375 g/mol. The zero-order valence-corrected chi connectivity index (χ0v) is 14.2. The Morgan fingerprint density at radius 3 is 2.57 bits per heavy atom. The van der Waals surface area contributed by atoms with Crippen LogP contribution in [0.5, 0.6) is 0 Å². The second kappa shape index (κ2) is 6.85. The van der Waals surface area contributed by atoms with Crippen LogP contribution in [0.25, 0.3) is 0 Å². The number of piperazine rings is 1. The highest BCUT2D eigenvalue weighted by Crippen LogP contribution is 2.17. The quantitative estimate of drug-likeness (QED) is 0.744. The van der Waals surface area contributed by atoms with Crippen molar-refractivity contribution in [3.63, 3.8) is 0 Å². The number of halogens is 1. The zero-order chi connectivity index (χ0) is 15.5. The molecule has 2 heterocycles. The van der Waals surface area contributed by atoms with Gasteiger partial charge in [-0.05, 0) is 34.5 Å². The van der Waals surface area contributed by atoms with Crippen molar-refractivity contribution in [2.24, 2.45) is 0 Å². The smallest absolute Gasteiger partial charge is 0.256 e. The maximum absolute atomic E-state index is 12.4. The molecular formula is C13H18BrN3O3S. The molecule has 0 saturated carbocycles. The van der Waals surface area contributed by atoms with Gasteiger partial charge in [-0.25, -0.2) is 13.4 Å². The second-order valence-corrected chi connectivity index (χ2v) is 7.69. The predicted octanol–water partition coefficient (Wildman–Crippen LogP) is 1.34. The first-order valence-electron chi connectivity index (χ1n) is 6.83. The molecule has 21 heavy (non-hydrogen) atoms. The number of rotatable bonds is 4. The molecule has 0 bridgehead atoms. The van der Waals surface area contributed by atoms with Gasteiger partial charge in [0, 0.05) is 32.4 Å². The van der Waals surface area contributed by atoms with Gasteiger partial charge in [0.1, 0.15) is 4.60 Å². The second-order valence-electron chi connectivity index (χ2n) is 4.85. The highest BCUT2D eigenvalue weighted by atomic mass is 79.9. The van der Waals surface area contributed by atoms with Gasteiger partial charge in [-0.2, -0.15) is 4.31 Å². The lowest BCUT2D eigenvalue weighted by Crippen LogP contribution is -2.51. The van der Waals surface area contributed by atoms with E-state index in [0.29, 0.717) is 42.8 Å². The average molecular weight is 376 g/mol. The number of pyridine rings is 1. The predicted molar refractivity (Wildman–Crippen MR) is 83.5 cm³/mol. The minimum Gasteiger partial charge on any atom is -0.336 e. The van der Waals surface area contributed by atoms with E-state index in [0.717, 1.165) is 0 Å². The van der Waals surface area contributed by atoms with Crippen molar-refractivity contribution in [2.45, 2.75) is 13.3 Å². The molecule has 116 valence electrons. The van der Waals surface area contributed by atoms with E-state index in [1.807, 2.05) is 6.92 Å². The number of nitrogens with zero attached hydrogens (tertiary/aromatic N) is 3. The number of hydrogen-bond donors (Lipinski definition) is 0. The number of amides is 1. The number of sulfonamides is 1. The molecule has 0 N–H and O–H groups in total. The summed E-state index contributed by atoms with van der Waals surface area (Å²) in [5.74, 6) is 0.0391. The molecule has 6 nitrogen and oxygen atoms in total. The molecule has 1 amide bonds. The molecule has 1 aliphatic heterocycles. The van der Waals surface area contributed by atoms with Crippen LogP contribution in [0.2, 0.25) is 0 Å². The van der Waals surface area contributed by atoms with E-state index < -0.39 is 10.0 Å². The molecule has 0 aromatic carbocycles. The molecule has 2 rings (SSSR count). The first-order valence-corrected chi connectivity index (χ1v) is 9.23. The van der Waals surface area contributed by atoms with E-state index in [4.69, 9.17) is 0 Å². The molecule has 0 unspecified atom stereocenters. The third kappa shape index (κ3) is 3.81. The minimum atomic E-state index is -3.18. The Morgan fingerprint density at radius 2 is 2.00 bits per heavy atom. The third-order valence-electron chi connectivity index (χ3n) is 3.37. The Hall–Kier alpha value is -0.990. The van der Waals surface area contributed by atoms with Crippen molar-refractivity contribution in [2.75, 3.05) is 31.9 Å². The number of hydrogen-bond acceptors (Lipinski definition) is 4. The molecule has 1 aliphatic rings. The maximum Gasteiger partial charge on any atom is 0.256 e. The summed E-state index contributed by atoms with van der Waals surface area (Å²) in [6, 6.07) is 3.42. The Morgan fingerprint density at radius 1 is 1.33 bits per heavy atom. The lowest BCUT2D eigenvalue weighted by atomic mass is 10.2. The van der Waals surface area contributed by atoms with Gasteiger partial charge in [-0.3, -0.25) is 4.79 Å². The Labute approximate surface area is 133 Å². The van der Waals surface area contributed by atoms with E-state index in [2.05, 4.69) is 20.9 Å². The van der Waals surface area contributed by atoms with Crippen molar-refractivity contribution in [3.8, 4) is 0 Å². The highest BCUT2D eigenvalue weighted by molar-refractivity contribution is 9.10. The molecule has 1 aromatic rings. The van der Waals surface area contributed by atoms with Gasteiger partial charge in [-0.15, -0.1) is 0 Å². The number of aromatic nitrogens is 1. The van der Waals surface area contributed by atoms with Crippen LogP contribution in [0.4, 0.5) is 0 Å². The summed E-state index contributed by atoms with van der Waals surface area (Å²) in [5.41, 5.74) is 0.502. The summed E-state index contributed by atoms with van der Waals surface area (Å²) in [6.45, 7) is 3.36. The minimum absolute atomic E-state index is 0.123. The lowest BCUT2D eigenvalue weighted by molar-refractivity contribution is 0.0696. The molecule has 0 atom stereocenters. The van der Waals surface area contributed by atoms with Crippen LogP contribution in [-0.2, 0) is 10.0 Å². The van der Waals surface area contributed by atoms with Gasteiger partial charge in [0.25, 0.3) is 5.91 Å². The van der Waals surface area contributed by atoms with Gasteiger partial charge >= 0.3 is 0 Å². The lowest BCUT2D eigenvalue weighted by Gasteiger charge is -2.34. The average Bonchev–Trinajstić information content (AvgIpc) is 2.47. The van der Waals surface area contributed by atoms with E-state index in [-0.39, 0.29) is 11.7 Å². The van der Waals surface area contributed by atoms with Crippen LogP contribution in [0, 0.1) is 0 Å². The summed E-state index contributed by atoms with van der Waals surface area (Å²) in [7, 11) is -3.18. The standard InChI is InChI=1S/C13H18BrN3O3S/c1-2-10-21(19,20)17-8-6-16(7-9-17)13(18)11-4-3-5-15-12(11)14/h3-5H,2,6-10H2,1H3. The number of carbonyl (C=O) groups excluding carboxylic acids is 1. The fourth-order valence-corrected chi connectivity index (χ4v) is 4.19. The van der Waals surface area contributed by atoms with Crippen LogP contribution in [-0.4, -0.2) is 60.4 Å². The van der Waals surface area contributed by atoms with Crippen LogP contribution in [0.15, 0.2) is 22.9 Å². The summed E-state index contributed by atoms with van der Waals surface area (Å²) < 4.78 is 26.0. The molecule has 1 saturated heterocycles. The molecule has 0 radical (unpaired) electrons. The van der Waals surface area contributed by atoms with Gasteiger partial charge in [0.15, 0.2) is 0 Å². The molecule has 0 spiro atoms. The van der Waals surface area contributed by atoms with Crippen molar-refractivity contribution < 1.29 is 13.2 Å². The maximum atomic E-state index is 12.4. The fourth-order valence-electron chi connectivity index (χ4n) is 2.27. The Kier molecular flexibility index (Phi) is 5.34. The van der Waals surface area contributed by atoms with Crippen molar-refractivity contribution in [1.29, 1.82) is 0 Å². The van der Waals surface area contributed by atoms with Gasteiger partial charge in [-0.1, -0.05) is 6.92 Å². The Balaban J connectivity index is 2.02. The summed E-state index contributed by atoms with van der Waals surface area (Å²) in [6.07, 6.45) is 2.21. The van der Waals surface area contributed by atoms with Gasteiger partial charge in [0.05, 0.1) is 11.3 Å². The van der Waals surface area contributed by atoms with E-state index in [9.17, 15) is 13.2 Å². The third-order valence-corrected chi connectivity index (χ3v) is 6.08. The van der Waals surface area contributed by atoms with Crippen molar-refractivity contribution >= 4 is 31.9 Å². The SMILES string of the molecule is CCCS(=O)(=O)N1CCN(C(=O)c2cccnc2Br)CC1. The molecule has 0 aliphatic carbocycles. The Bertz CT molecular complexity index is 613. The first kappa shape index (κ1) is 16.4. The van der Waals surface area contributed by atoms with E-state index in [1.165, 1.54) is 4.31 Å². The van der Waals surface area contributed by atoms with Crippen LogP contribution in [0.3, 0.4) is 0 Å². The largest absolute Gasteiger partial charge is 0.336 e. The van der Waals surface area contributed by atoms with Crippen molar-refractivity contribution in [3.05, 3.63) is 28.5 Å². The summed E-state index contributed by atoms with van der Waals surface area (Å²) >= 11 is 3.26. The molecule has 1 fully saturated rings. The van der Waals surface area contributed by atoms with Gasteiger partial charge < -0.3 is 4.90 Å². The normalized spacial score (nSPS) is 17.0. The fraction of sp³-hybridized carbons (Fsp3) is 0.538. The van der Waals surface area contributed by atoms with Crippen LogP contribution in [0.1, 0.15) is 23.7 Å². The summed E-state index contributed by atoms with van der Waals surface area (Å²) in [5, 5.41) is 0. The molecular weight excluding hydrogens is 358 g/mol. The van der Waals surface area contributed by atoms with Gasteiger partial charge in [0.2, 0.25) is 10.0 Å². The first-order chi connectivity index (χ1) is 9.95. The van der Waals surface area contributed by atoms with Crippen molar-refractivity contribution in [1.82, 2.24) is 14.2 Å². The molecule has 8 heteroatoms. The molecule has 1 aromatic heterocycles.